The highest BCUT2D eigenvalue weighted by atomic mass is 32.2. The SMILES string of the molecule is CSCCC(N)c1nc(C2=Cc3ccccc3OC2)no1. The molecule has 0 saturated carbocycles. The van der Waals surface area contributed by atoms with Crippen molar-refractivity contribution in [1.82, 2.24) is 10.1 Å². The summed E-state index contributed by atoms with van der Waals surface area (Å²) in [5, 5.41) is 4.02. The Morgan fingerprint density at radius 2 is 2.24 bits per heavy atom. The molecule has 0 saturated heterocycles. The Hall–Kier alpha value is -1.79. The molecule has 0 radical (unpaired) electrons. The van der Waals surface area contributed by atoms with E-state index in [1.54, 1.807) is 11.8 Å². The number of benzene rings is 1. The summed E-state index contributed by atoms with van der Waals surface area (Å²) in [5.41, 5.74) is 7.97. The minimum Gasteiger partial charge on any atom is -0.488 e. The van der Waals surface area contributed by atoms with E-state index in [-0.39, 0.29) is 6.04 Å². The van der Waals surface area contributed by atoms with Gasteiger partial charge in [-0.1, -0.05) is 23.4 Å². The summed E-state index contributed by atoms with van der Waals surface area (Å²) in [4.78, 5) is 4.40. The predicted octanol–water partition coefficient (Wildman–Crippen LogP) is 2.76. The molecule has 6 heteroatoms. The van der Waals surface area contributed by atoms with Crippen LogP contribution in [0.5, 0.6) is 5.75 Å². The Morgan fingerprint density at radius 1 is 1.38 bits per heavy atom. The van der Waals surface area contributed by atoms with E-state index in [0.29, 0.717) is 18.3 Å². The van der Waals surface area contributed by atoms with Gasteiger partial charge in [0.1, 0.15) is 12.4 Å². The van der Waals surface area contributed by atoms with E-state index in [4.69, 9.17) is 15.0 Å². The van der Waals surface area contributed by atoms with Crippen LogP contribution in [0.3, 0.4) is 0 Å². The zero-order valence-electron chi connectivity index (χ0n) is 11.8. The molecule has 3 rings (SSSR count). The van der Waals surface area contributed by atoms with Gasteiger partial charge in [-0.15, -0.1) is 0 Å². The van der Waals surface area contributed by atoms with Crippen molar-refractivity contribution in [2.24, 2.45) is 5.73 Å². The summed E-state index contributed by atoms with van der Waals surface area (Å²) in [7, 11) is 0. The Labute approximate surface area is 127 Å². The van der Waals surface area contributed by atoms with Crippen LogP contribution in [0.25, 0.3) is 11.6 Å². The molecule has 0 amide bonds. The minimum absolute atomic E-state index is 0.212. The van der Waals surface area contributed by atoms with Crippen LogP contribution in [0.2, 0.25) is 0 Å². The summed E-state index contributed by atoms with van der Waals surface area (Å²) >= 11 is 1.75. The first-order valence-electron chi connectivity index (χ1n) is 6.79. The van der Waals surface area contributed by atoms with E-state index in [1.165, 1.54) is 0 Å². The van der Waals surface area contributed by atoms with Crippen molar-refractivity contribution in [1.29, 1.82) is 0 Å². The number of thioether (sulfide) groups is 1. The number of rotatable bonds is 5. The lowest BCUT2D eigenvalue weighted by Gasteiger charge is -2.15. The third-order valence-corrected chi connectivity index (χ3v) is 3.95. The molecule has 1 aromatic heterocycles. The average Bonchev–Trinajstić information content (AvgIpc) is 3.02. The van der Waals surface area contributed by atoms with Crippen LogP contribution in [-0.2, 0) is 0 Å². The topological polar surface area (TPSA) is 74.2 Å². The molecular formula is C15H17N3O2S. The van der Waals surface area contributed by atoms with E-state index in [1.807, 2.05) is 36.6 Å². The largest absolute Gasteiger partial charge is 0.488 e. The first-order valence-corrected chi connectivity index (χ1v) is 8.18. The number of para-hydroxylation sites is 1. The zero-order valence-corrected chi connectivity index (χ0v) is 12.6. The van der Waals surface area contributed by atoms with Crippen LogP contribution in [0.1, 0.15) is 29.7 Å². The van der Waals surface area contributed by atoms with Gasteiger partial charge in [0.05, 0.1) is 6.04 Å². The van der Waals surface area contributed by atoms with Gasteiger partial charge in [0.25, 0.3) is 0 Å². The molecular weight excluding hydrogens is 286 g/mol. The van der Waals surface area contributed by atoms with Gasteiger partial charge in [-0.25, -0.2) is 0 Å². The lowest BCUT2D eigenvalue weighted by Crippen LogP contribution is -2.12. The van der Waals surface area contributed by atoms with Crippen molar-refractivity contribution >= 4 is 23.4 Å². The fraction of sp³-hybridized carbons (Fsp3) is 0.333. The number of hydrogen-bond acceptors (Lipinski definition) is 6. The lowest BCUT2D eigenvalue weighted by atomic mass is 10.1. The molecule has 2 N–H and O–H groups in total. The second kappa shape index (κ2) is 6.32. The van der Waals surface area contributed by atoms with Gasteiger partial charge in [-0.3, -0.25) is 0 Å². The second-order valence-electron chi connectivity index (χ2n) is 4.84. The van der Waals surface area contributed by atoms with Gasteiger partial charge in [0, 0.05) is 11.1 Å². The molecule has 2 heterocycles. The van der Waals surface area contributed by atoms with E-state index in [9.17, 15) is 0 Å². The molecule has 1 aliphatic rings. The van der Waals surface area contributed by atoms with Crippen LogP contribution in [0.4, 0.5) is 0 Å². The van der Waals surface area contributed by atoms with Gasteiger partial charge in [0.15, 0.2) is 0 Å². The number of fused-ring (bicyclic) bond motifs is 1. The zero-order chi connectivity index (χ0) is 14.7. The van der Waals surface area contributed by atoms with Crippen molar-refractivity contribution in [3.8, 4) is 5.75 Å². The number of nitrogens with two attached hydrogens (primary N) is 1. The van der Waals surface area contributed by atoms with Crippen molar-refractivity contribution in [2.45, 2.75) is 12.5 Å². The highest BCUT2D eigenvalue weighted by Gasteiger charge is 2.19. The van der Waals surface area contributed by atoms with Gasteiger partial charge >= 0.3 is 0 Å². The van der Waals surface area contributed by atoms with Gasteiger partial charge in [-0.2, -0.15) is 16.7 Å². The number of ether oxygens (including phenoxy) is 1. The van der Waals surface area contributed by atoms with Crippen molar-refractivity contribution < 1.29 is 9.26 Å². The van der Waals surface area contributed by atoms with Crippen LogP contribution in [-0.4, -0.2) is 28.8 Å². The molecule has 0 fully saturated rings. The van der Waals surface area contributed by atoms with Crippen LogP contribution in [0, 0.1) is 0 Å². The molecule has 0 bridgehead atoms. The van der Waals surface area contributed by atoms with E-state index >= 15 is 0 Å². The molecule has 1 aliphatic heterocycles. The van der Waals surface area contributed by atoms with Crippen LogP contribution in [0.15, 0.2) is 28.8 Å². The highest BCUT2D eigenvalue weighted by Crippen LogP contribution is 2.29. The first-order chi connectivity index (χ1) is 10.3. The lowest BCUT2D eigenvalue weighted by molar-refractivity contribution is 0.347. The molecule has 0 aliphatic carbocycles. The predicted molar refractivity (Wildman–Crippen MR) is 84.0 cm³/mol. The Morgan fingerprint density at radius 3 is 3.10 bits per heavy atom. The van der Waals surface area contributed by atoms with Gasteiger partial charge in [-0.05, 0) is 30.6 Å². The maximum absolute atomic E-state index is 6.04. The van der Waals surface area contributed by atoms with Crippen LogP contribution >= 0.6 is 11.8 Å². The fourth-order valence-electron chi connectivity index (χ4n) is 2.13. The molecule has 110 valence electrons. The van der Waals surface area contributed by atoms with E-state index < -0.39 is 0 Å². The molecule has 1 aromatic carbocycles. The summed E-state index contributed by atoms with van der Waals surface area (Å²) in [6, 6.07) is 7.66. The fourth-order valence-corrected chi connectivity index (χ4v) is 2.62. The summed E-state index contributed by atoms with van der Waals surface area (Å²) in [6.45, 7) is 0.441. The van der Waals surface area contributed by atoms with E-state index in [2.05, 4.69) is 10.1 Å². The Kier molecular flexibility index (Phi) is 4.26. The monoisotopic (exact) mass is 303 g/mol. The maximum Gasteiger partial charge on any atom is 0.243 e. The summed E-state index contributed by atoms with van der Waals surface area (Å²) in [5.74, 6) is 2.89. The summed E-state index contributed by atoms with van der Waals surface area (Å²) < 4.78 is 11.0. The Balaban J connectivity index is 1.80. The van der Waals surface area contributed by atoms with E-state index in [0.717, 1.165) is 29.1 Å². The van der Waals surface area contributed by atoms with Crippen LogP contribution < -0.4 is 10.5 Å². The standard InChI is InChI=1S/C15H17N3O2S/c1-21-7-6-12(16)15-17-14(18-20-15)11-8-10-4-2-3-5-13(10)19-9-11/h2-5,8,12H,6-7,9,16H2,1H3. The number of nitrogens with zero attached hydrogens (tertiary/aromatic N) is 2. The second-order valence-corrected chi connectivity index (χ2v) is 5.83. The molecule has 1 unspecified atom stereocenters. The third-order valence-electron chi connectivity index (χ3n) is 3.31. The van der Waals surface area contributed by atoms with Crippen molar-refractivity contribution in [3.05, 3.63) is 41.5 Å². The van der Waals surface area contributed by atoms with Crippen molar-refractivity contribution in [2.75, 3.05) is 18.6 Å². The normalized spacial score (nSPS) is 15.0. The number of hydrogen-bond donors (Lipinski definition) is 1. The smallest absolute Gasteiger partial charge is 0.243 e. The minimum atomic E-state index is -0.212. The number of aromatic nitrogens is 2. The molecule has 2 aromatic rings. The molecule has 5 nitrogen and oxygen atoms in total. The molecule has 0 spiro atoms. The van der Waals surface area contributed by atoms with Gasteiger partial charge in [0.2, 0.25) is 11.7 Å². The molecule has 21 heavy (non-hydrogen) atoms. The van der Waals surface area contributed by atoms with Gasteiger partial charge < -0.3 is 15.0 Å². The van der Waals surface area contributed by atoms with Crippen molar-refractivity contribution in [3.63, 3.8) is 0 Å². The average molecular weight is 303 g/mol. The highest BCUT2D eigenvalue weighted by molar-refractivity contribution is 7.98. The third kappa shape index (κ3) is 3.11. The summed E-state index contributed by atoms with van der Waals surface area (Å²) in [6.07, 6.45) is 4.90. The Bertz CT molecular complexity index is 654. The first kappa shape index (κ1) is 14.2. The quantitative estimate of drug-likeness (QED) is 0.915. The molecule has 1 atom stereocenters. The maximum atomic E-state index is 6.04.